The first-order chi connectivity index (χ1) is 10.7. The van der Waals surface area contributed by atoms with Crippen LogP contribution in [0.4, 0.5) is 24.9 Å². The van der Waals surface area contributed by atoms with Crippen LogP contribution in [0.3, 0.4) is 0 Å². The summed E-state index contributed by atoms with van der Waals surface area (Å²) in [6.07, 6.45) is -3.17. The molecule has 1 amide bonds. The Bertz CT molecular complexity index is 576. The minimum Gasteiger partial charge on any atom is -0.363 e. The first-order valence-corrected chi connectivity index (χ1v) is 7.31. The van der Waals surface area contributed by atoms with Crippen molar-refractivity contribution >= 4 is 17.7 Å². The van der Waals surface area contributed by atoms with E-state index in [1.807, 2.05) is 0 Å². The summed E-state index contributed by atoms with van der Waals surface area (Å²) in [4.78, 5) is 24.1. The maximum absolute atomic E-state index is 13.0. The molecule has 9 heteroatoms. The van der Waals surface area contributed by atoms with E-state index in [0.717, 1.165) is 12.5 Å². The predicted molar refractivity (Wildman–Crippen MR) is 80.4 cm³/mol. The summed E-state index contributed by atoms with van der Waals surface area (Å²) >= 11 is 0. The number of carbonyl (C=O) groups excluding carboxylic acids is 1. The van der Waals surface area contributed by atoms with E-state index in [2.05, 4.69) is 9.97 Å². The van der Waals surface area contributed by atoms with Gasteiger partial charge in [0.25, 0.3) is 0 Å². The van der Waals surface area contributed by atoms with E-state index < -0.39 is 11.9 Å². The molecule has 1 aromatic rings. The van der Waals surface area contributed by atoms with Gasteiger partial charge in [-0.1, -0.05) is 0 Å². The van der Waals surface area contributed by atoms with Crippen molar-refractivity contribution in [2.75, 3.05) is 50.6 Å². The van der Waals surface area contributed by atoms with E-state index in [1.54, 1.807) is 26.0 Å². The van der Waals surface area contributed by atoms with Crippen molar-refractivity contribution in [3.05, 3.63) is 11.8 Å². The standard InChI is InChI=1S/C14H20F3N5O/c1-20(2)11-9-10(14(15,16)17)18-13(19-11)21(3)7-8-22-6-4-5-12(22)23/h9H,4-8H2,1-3H3. The quantitative estimate of drug-likeness (QED) is 0.821. The van der Waals surface area contributed by atoms with E-state index in [0.29, 0.717) is 26.1 Å². The van der Waals surface area contributed by atoms with Crippen molar-refractivity contribution in [3.8, 4) is 0 Å². The Morgan fingerprint density at radius 3 is 2.48 bits per heavy atom. The van der Waals surface area contributed by atoms with Crippen molar-refractivity contribution in [1.82, 2.24) is 14.9 Å². The molecule has 1 saturated heterocycles. The van der Waals surface area contributed by atoms with Crippen molar-refractivity contribution in [2.24, 2.45) is 0 Å². The number of hydrogen-bond acceptors (Lipinski definition) is 5. The lowest BCUT2D eigenvalue weighted by Crippen LogP contribution is -2.35. The van der Waals surface area contributed by atoms with Gasteiger partial charge < -0.3 is 14.7 Å². The Morgan fingerprint density at radius 2 is 1.96 bits per heavy atom. The highest BCUT2D eigenvalue weighted by molar-refractivity contribution is 5.78. The SMILES string of the molecule is CN(C)c1cc(C(F)(F)F)nc(N(C)CCN2CCCC2=O)n1. The van der Waals surface area contributed by atoms with E-state index >= 15 is 0 Å². The van der Waals surface area contributed by atoms with Crippen molar-refractivity contribution in [2.45, 2.75) is 19.0 Å². The number of nitrogens with zero attached hydrogens (tertiary/aromatic N) is 5. The van der Waals surface area contributed by atoms with Gasteiger partial charge in [-0.25, -0.2) is 4.98 Å². The number of alkyl halides is 3. The van der Waals surface area contributed by atoms with E-state index in [4.69, 9.17) is 0 Å². The number of hydrogen-bond donors (Lipinski definition) is 0. The number of aromatic nitrogens is 2. The molecule has 0 N–H and O–H groups in total. The van der Waals surface area contributed by atoms with Gasteiger partial charge in [0, 0.05) is 53.3 Å². The molecule has 1 fully saturated rings. The molecule has 1 aliphatic heterocycles. The molecular weight excluding hydrogens is 311 g/mol. The van der Waals surface area contributed by atoms with Crippen LogP contribution in [0, 0.1) is 0 Å². The summed E-state index contributed by atoms with van der Waals surface area (Å²) in [5.41, 5.74) is -0.977. The van der Waals surface area contributed by atoms with E-state index in [1.165, 1.54) is 9.80 Å². The molecule has 128 valence electrons. The second-order valence-corrected chi connectivity index (χ2v) is 5.71. The summed E-state index contributed by atoms with van der Waals surface area (Å²) in [6, 6.07) is 0.918. The Labute approximate surface area is 132 Å². The monoisotopic (exact) mass is 331 g/mol. The van der Waals surface area contributed by atoms with E-state index in [-0.39, 0.29) is 17.7 Å². The highest BCUT2D eigenvalue weighted by Crippen LogP contribution is 2.30. The zero-order valence-electron chi connectivity index (χ0n) is 13.4. The number of anilines is 2. The van der Waals surface area contributed by atoms with Gasteiger partial charge in [-0.15, -0.1) is 0 Å². The largest absolute Gasteiger partial charge is 0.433 e. The average Bonchev–Trinajstić information content (AvgIpc) is 2.88. The molecular formula is C14H20F3N5O. The fourth-order valence-electron chi connectivity index (χ4n) is 2.28. The van der Waals surface area contributed by atoms with Gasteiger partial charge >= 0.3 is 6.18 Å². The summed E-state index contributed by atoms with van der Waals surface area (Å²) in [7, 11) is 4.86. The average molecular weight is 331 g/mol. The lowest BCUT2D eigenvalue weighted by atomic mass is 10.3. The Morgan fingerprint density at radius 1 is 1.26 bits per heavy atom. The van der Waals surface area contributed by atoms with Crippen LogP contribution >= 0.6 is 0 Å². The van der Waals surface area contributed by atoms with Crippen LogP contribution in [-0.4, -0.2) is 61.6 Å². The van der Waals surface area contributed by atoms with Gasteiger partial charge in [0.05, 0.1) is 0 Å². The lowest BCUT2D eigenvalue weighted by Gasteiger charge is -2.23. The molecule has 23 heavy (non-hydrogen) atoms. The molecule has 0 radical (unpaired) electrons. The molecule has 6 nitrogen and oxygen atoms in total. The number of carbonyl (C=O) groups is 1. The molecule has 2 rings (SSSR count). The molecule has 0 atom stereocenters. The van der Waals surface area contributed by atoms with Crippen LogP contribution in [0.25, 0.3) is 0 Å². The van der Waals surface area contributed by atoms with Crippen molar-refractivity contribution in [1.29, 1.82) is 0 Å². The third kappa shape index (κ3) is 4.23. The first-order valence-electron chi connectivity index (χ1n) is 7.31. The van der Waals surface area contributed by atoms with Gasteiger partial charge in [-0.2, -0.15) is 18.2 Å². The molecule has 0 bridgehead atoms. The minimum atomic E-state index is -4.53. The first kappa shape index (κ1) is 17.3. The molecule has 1 aliphatic rings. The number of likely N-dealkylation sites (N-methyl/N-ethyl adjacent to an activating group) is 1. The summed E-state index contributed by atoms with van der Waals surface area (Å²) in [6.45, 7) is 1.52. The lowest BCUT2D eigenvalue weighted by molar-refractivity contribution is -0.141. The van der Waals surface area contributed by atoms with Crippen molar-refractivity contribution in [3.63, 3.8) is 0 Å². The van der Waals surface area contributed by atoms with Crippen molar-refractivity contribution < 1.29 is 18.0 Å². The van der Waals surface area contributed by atoms with Crippen LogP contribution in [-0.2, 0) is 11.0 Å². The van der Waals surface area contributed by atoms with Crippen LogP contribution < -0.4 is 9.80 Å². The molecule has 2 heterocycles. The number of amides is 1. The van der Waals surface area contributed by atoms with Gasteiger partial charge in [0.15, 0.2) is 5.69 Å². The molecule has 0 saturated carbocycles. The number of likely N-dealkylation sites (tertiary alicyclic amines) is 1. The second-order valence-electron chi connectivity index (χ2n) is 5.71. The van der Waals surface area contributed by atoms with Gasteiger partial charge in [0.1, 0.15) is 5.82 Å². The predicted octanol–water partition coefficient (Wildman–Crippen LogP) is 1.62. The fourth-order valence-corrected chi connectivity index (χ4v) is 2.28. The normalized spacial score (nSPS) is 15.2. The van der Waals surface area contributed by atoms with Crippen LogP contribution in [0.5, 0.6) is 0 Å². The van der Waals surface area contributed by atoms with Gasteiger partial charge in [-0.05, 0) is 6.42 Å². The fraction of sp³-hybridized carbons (Fsp3) is 0.643. The Kier molecular flexibility index (Phi) is 4.96. The molecule has 0 spiro atoms. The molecule has 1 aromatic heterocycles. The van der Waals surface area contributed by atoms with Crippen LogP contribution in [0.1, 0.15) is 18.5 Å². The zero-order valence-corrected chi connectivity index (χ0v) is 13.4. The maximum atomic E-state index is 13.0. The van der Waals surface area contributed by atoms with E-state index in [9.17, 15) is 18.0 Å². The zero-order chi connectivity index (χ0) is 17.2. The summed E-state index contributed by atoms with van der Waals surface area (Å²) in [5.74, 6) is 0.263. The third-order valence-electron chi connectivity index (χ3n) is 3.67. The highest BCUT2D eigenvalue weighted by atomic mass is 19.4. The van der Waals surface area contributed by atoms with Crippen LogP contribution in [0.2, 0.25) is 0 Å². The highest BCUT2D eigenvalue weighted by Gasteiger charge is 2.34. The molecule has 0 aliphatic carbocycles. The van der Waals surface area contributed by atoms with Gasteiger partial charge in [0.2, 0.25) is 11.9 Å². The molecule has 0 aromatic carbocycles. The smallest absolute Gasteiger partial charge is 0.363 e. The maximum Gasteiger partial charge on any atom is 0.433 e. The minimum absolute atomic E-state index is 0.00447. The molecule has 0 unspecified atom stereocenters. The third-order valence-corrected chi connectivity index (χ3v) is 3.67. The number of rotatable bonds is 5. The summed E-state index contributed by atoms with van der Waals surface area (Å²) < 4.78 is 38.9. The van der Waals surface area contributed by atoms with Gasteiger partial charge in [-0.3, -0.25) is 4.79 Å². The Balaban J connectivity index is 2.16. The van der Waals surface area contributed by atoms with Crippen LogP contribution in [0.15, 0.2) is 6.07 Å². The topological polar surface area (TPSA) is 52.6 Å². The summed E-state index contributed by atoms with van der Waals surface area (Å²) in [5, 5.41) is 0. The second kappa shape index (κ2) is 6.59. The number of halogens is 3. The Hall–Kier alpha value is -2.06.